The molecule has 2 aliphatic rings. The van der Waals surface area contributed by atoms with E-state index in [1.165, 1.54) is 0 Å². The zero-order valence-electron chi connectivity index (χ0n) is 16.8. The Hall–Kier alpha value is -2.44. The quantitative estimate of drug-likeness (QED) is 0.773. The van der Waals surface area contributed by atoms with Gasteiger partial charge in [-0.3, -0.25) is 19.4 Å². The van der Waals surface area contributed by atoms with Crippen LogP contribution >= 0.6 is 0 Å². The van der Waals surface area contributed by atoms with Gasteiger partial charge in [-0.15, -0.1) is 0 Å². The molecular formula is C21H30N4O3. The maximum absolute atomic E-state index is 13.2. The average molecular weight is 386 g/mol. The van der Waals surface area contributed by atoms with Crippen LogP contribution in [0.1, 0.15) is 49.9 Å². The normalized spacial score (nSPS) is 22.2. The second kappa shape index (κ2) is 9.17. The molecule has 0 aromatic carbocycles. The summed E-state index contributed by atoms with van der Waals surface area (Å²) in [5.74, 6) is -0.214. The molecule has 3 amide bonds. The molecule has 2 aliphatic heterocycles. The van der Waals surface area contributed by atoms with Crippen LogP contribution in [0.2, 0.25) is 0 Å². The molecule has 3 rings (SSSR count). The molecule has 2 atom stereocenters. The number of carbonyl (C=O) groups is 3. The molecule has 0 aliphatic carbocycles. The molecule has 1 aromatic heterocycles. The fourth-order valence-corrected chi connectivity index (χ4v) is 4.31. The SMILES string of the molecule is CCN(CC)C(=O)C1CCCN1C(=O)C1CCCN(C(=O)c2ccncc2)C1. The number of likely N-dealkylation sites (tertiary alicyclic amines) is 2. The van der Waals surface area contributed by atoms with Gasteiger partial charge < -0.3 is 14.7 Å². The van der Waals surface area contributed by atoms with Crippen molar-refractivity contribution in [2.24, 2.45) is 5.92 Å². The van der Waals surface area contributed by atoms with Gasteiger partial charge in [-0.05, 0) is 51.7 Å². The molecule has 2 saturated heterocycles. The Morgan fingerprint density at radius 1 is 1.07 bits per heavy atom. The van der Waals surface area contributed by atoms with E-state index < -0.39 is 0 Å². The van der Waals surface area contributed by atoms with Crippen molar-refractivity contribution >= 4 is 17.7 Å². The summed E-state index contributed by atoms with van der Waals surface area (Å²) in [6.07, 6.45) is 6.36. The minimum atomic E-state index is -0.348. The first-order valence-electron chi connectivity index (χ1n) is 10.3. The minimum Gasteiger partial charge on any atom is -0.341 e. The zero-order chi connectivity index (χ0) is 20.1. The van der Waals surface area contributed by atoms with Gasteiger partial charge in [0.25, 0.3) is 5.91 Å². The number of rotatable bonds is 5. The van der Waals surface area contributed by atoms with Crippen molar-refractivity contribution in [2.45, 2.75) is 45.6 Å². The van der Waals surface area contributed by atoms with Gasteiger partial charge >= 0.3 is 0 Å². The number of nitrogens with zero attached hydrogens (tertiary/aromatic N) is 4. The lowest BCUT2D eigenvalue weighted by Gasteiger charge is -2.36. The third-order valence-corrected chi connectivity index (χ3v) is 5.88. The third kappa shape index (κ3) is 4.18. The number of amides is 3. The summed E-state index contributed by atoms with van der Waals surface area (Å²) in [6.45, 7) is 6.95. The Balaban J connectivity index is 1.68. The molecule has 3 heterocycles. The molecule has 0 spiro atoms. The number of hydrogen-bond donors (Lipinski definition) is 0. The van der Waals surface area contributed by atoms with Gasteiger partial charge in [0, 0.05) is 50.7 Å². The first-order chi connectivity index (χ1) is 13.6. The lowest BCUT2D eigenvalue weighted by molar-refractivity contribution is -0.146. The number of hydrogen-bond acceptors (Lipinski definition) is 4. The van der Waals surface area contributed by atoms with Crippen LogP contribution < -0.4 is 0 Å². The maximum atomic E-state index is 13.2. The summed E-state index contributed by atoms with van der Waals surface area (Å²) >= 11 is 0. The lowest BCUT2D eigenvalue weighted by atomic mass is 9.95. The van der Waals surface area contributed by atoms with Crippen molar-refractivity contribution in [1.82, 2.24) is 19.7 Å². The Labute approximate surface area is 166 Å². The molecule has 7 nitrogen and oxygen atoms in total. The van der Waals surface area contributed by atoms with Crippen molar-refractivity contribution in [2.75, 3.05) is 32.7 Å². The topological polar surface area (TPSA) is 73.8 Å². The van der Waals surface area contributed by atoms with Gasteiger partial charge in [-0.25, -0.2) is 0 Å². The number of piperidine rings is 1. The second-order valence-electron chi connectivity index (χ2n) is 7.53. The standard InChI is InChI=1S/C21H30N4O3/c1-3-23(4-2)21(28)18-8-6-14-25(18)20(27)17-7-5-13-24(15-17)19(26)16-9-11-22-12-10-16/h9-12,17-18H,3-8,13-15H2,1-2H3. The highest BCUT2D eigenvalue weighted by Crippen LogP contribution is 2.26. The lowest BCUT2D eigenvalue weighted by Crippen LogP contribution is -2.52. The molecule has 1 aromatic rings. The van der Waals surface area contributed by atoms with Crippen molar-refractivity contribution in [3.8, 4) is 0 Å². The average Bonchev–Trinajstić information content (AvgIpc) is 3.24. The number of carbonyl (C=O) groups excluding carboxylic acids is 3. The van der Waals surface area contributed by atoms with Crippen LogP contribution in [-0.2, 0) is 9.59 Å². The second-order valence-corrected chi connectivity index (χ2v) is 7.53. The number of pyridine rings is 1. The predicted octanol–water partition coefficient (Wildman–Crippen LogP) is 1.79. The van der Waals surface area contributed by atoms with Gasteiger partial charge in [0.15, 0.2) is 0 Å². The number of likely N-dealkylation sites (N-methyl/N-ethyl adjacent to an activating group) is 1. The zero-order valence-corrected chi connectivity index (χ0v) is 16.8. The van der Waals surface area contributed by atoms with Gasteiger partial charge in [0.2, 0.25) is 11.8 Å². The first-order valence-corrected chi connectivity index (χ1v) is 10.3. The monoisotopic (exact) mass is 386 g/mol. The summed E-state index contributed by atoms with van der Waals surface area (Å²) in [6, 6.07) is 3.05. The highest BCUT2D eigenvalue weighted by Gasteiger charge is 2.40. The Bertz CT molecular complexity index is 705. The van der Waals surface area contributed by atoms with Gasteiger partial charge in [0.1, 0.15) is 6.04 Å². The van der Waals surface area contributed by atoms with Crippen LogP contribution in [-0.4, -0.2) is 76.2 Å². The van der Waals surface area contributed by atoms with E-state index in [-0.39, 0.29) is 29.7 Å². The fourth-order valence-electron chi connectivity index (χ4n) is 4.31. The molecule has 7 heteroatoms. The van der Waals surface area contributed by atoms with Crippen LogP contribution in [0, 0.1) is 5.92 Å². The van der Waals surface area contributed by atoms with Crippen LogP contribution in [0.4, 0.5) is 0 Å². The van der Waals surface area contributed by atoms with E-state index in [0.717, 1.165) is 25.7 Å². The molecule has 2 unspecified atom stereocenters. The van der Waals surface area contributed by atoms with Gasteiger partial charge in [-0.1, -0.05) is 0 Å². The van der Waals surface area contributed by atoms with E-state index in [1.54, 1.807) is 39.2 Å². The maximum Gasteiger partial charge on any atom is 0.253 e. The molecule has 0 saturated carbocycles. The Morgan fingerprint density at radius 3 is 2.43 bits per heavy atom. The summed E-state index contributed by atoms with van der Waals surface area (Å²) in [5.41, 5.74) is 0.596. The van der Waals surface area contributed by atoms with Crippen molar-refractivity contribution in [3.05, 3.63) is 30.1 Å². The smallest absolute Gasteiger partial charge is 0.253 e. The van der Waals surface area contributed by atoms with Crippen LogP contribution in [0.5, 0.6) is 0 Å². The Kier molecular flexibility index (Phi) is 6.65. The summed E-state index contributed by atoms with van der Waals surface area (Å²) < 4.78 is 0. The largest absolute Gasteiger partial charge is 0.341 e. The van der Waals surface area contributed by atoms with E-state index >= 15 is 0 Å². The highest BCUT2D eigenvalue weighted by molar-refractivity contribution is 5.95. The van der Waals surface area contributed by atoms with E-state index in [1.807, 2.05) is 13.8 Å². The molecule has 0 bridgehead atoms. The first kappa shape index (κ1) is 20.3. The van der Waals surface area contributed by atoms with E-state index in [2.05, 4.69) is 4.98 Å². The molecule has 2 fully saturated rings. The molecule has 0 N–H and O–H groups in total. The van der Waals surface area contributed by atoms with Gasteiger partial charge in [0.05, 0.1) is 5.92 Å². The molecular weight excluding hydrogens is 356 g/mol. The fraction of sp³-hybridized carbons (Fsp3) is 0.619. The van der Waals surface area contributed by atoms with Crippen molar-refractivity contribution in [3.63, 3.8) is 0 Å². The number of aromatic nitrogens is 1. The minimum absolute atomic E-state index is 0.0234. The van der Waals surface area contributed by atoms with Crippen molar-refractivity contribution in [1.29, 1.82) is 0 Å². The summed E-state index contributed by atoms with van der Waals surface area (Å²) in [7, 11) is 0. The molecule has 152 valence electrons. The highest BCUT2D eigenvalue weighted by atomic mass is 16.2. The molecule has 28 heavy (non-hydrogen) atoms. The van der Waals surface area contributed by atoms with E-state index in [0.29, 0.717) is 38.3 Å². The van der Waals surface area contributed by atoms with E-state index in [9.17, 15) is 14.4 Å². The summed E-state index contributed by atoms with van der Waals surface area (Å²) in [5, 5.41) is 0. The van der Waals surface area contributed by atoms with Gasteiger partial charge in [-0.2, -0.15) is 0 Å². The van der Waals surface area contributed by atoms with Crippen LogP contribution in [0.25, 0.3) is 0 Å². The molecule has 0 radical (unpaired) electrons. The van der Waals surface area contributed by atoms with E-state index in [4.69, 9.17) is 0 Å². The third-order valence-electron chi connectivity index (χ3n) is 5.88. The van der Waals surface area contributed by atoms with Crippen LogP contribution in [0.15, 0.2) is 24.5 Å². The predicted molar refractivity (Wildman–Crippen MR) is 106 cm³/mol. The summed E-state index contributed by atoms with van der Waals surface area (Å²) in [4.78, 5) is 48.1. The Morgan fingerprint density at radius 2 is 1.75 bits per heavy atom. The van der Waals surface area contributed by atoms with Crippen molar-refractivity contribution < 1.29 is 14.4 Å². The van der Waals surface area contributed by atoms with Crippen LogP contribution in [0.3, 0.4) is 0 Å².